The first-order valence-corrected chi connectivity index (χ1v) is 5.80. The Labute approximate surface area is 102 Å². The Bertz CT molecular complexity index is 349. The topological polar surface area (TPSA) is 41.3 Å². The van der Waals surface area contributed by atoms with E-state index in [4.69, 9.17) is 11.6 Å². The van der Waals surface area contributed by atoms with Gasteiger partial charge in [0.15, 0.2) is 0 Å². The highest BCUT2D eigenvalue weighted by Crippen LogP contribution is 2.21. The minimum atomic E-state index is -0.366. The summed E-state index contributed by atoms with van der Waals surface area (Å²) in [6, 6.07) is 0. The summed E-state index contributed by atoms with van der Waals surface area (Å²) in [5.74, 6) is 0. The molecule has 5 heteroatoms. The van der Waals surface area contributed by atoms with E-state index >= 15 is 0 Å². The SMILES string of the molecule is Cc1nn(C)c(CC(O)CCN(C)C)c1Cl. The molecule has 1 rings (SSSR count). The van der Waals surface area contributed by atoms with Crippen LogP contribution in [0.25, 0.3) is 0 Å². The fourth-order valence-electron chi connectivity index (χ4n) is 1.63. The van der Waals surface area contributed by atoms with Crippen molar-refractivity contribution in [3.05, 3.63) is 16.4 Å². The van der Waals surface area contributed by atoms with E-state index in [-0.39, 0.29) is 6.10 Å². The van der Waals surface area contributed by atoms with Crippen molar-refractivity contribution >= 4 is 11.6 Å². The van der Waals surface area contributed by atoms with Crippen LogP contribution < -0.4 is 0 Å². The van der Waals surface area contributed by atoms with E-state index in [1.807, 2.05) is 28.1 Å². The number of aliphatic hydroxyl groups excluding tert-OH is 1. The molecule has 1 heterocycles. The van der Waals surface area contributed by atoms with E-state index in [0.29, 0.717) is 11.4 Å². The van der Waals surface area contributed by atoms with Crippen molar-refractivity contribution in [2.45, 2.75) is 25.9 Å². The van der Waals surface area contributed by atoms with Gasteiger partial charge in [0, 0.05) is 13.5 Å². The summed E-state index contributed by atoms with van der Waals surface area (Å²) in [6.45, 7) is 2.74. The highest BCUT2D eigenvalue weighted by molar-refractivity contribution is 6.31. The maximum atomic E-state index is 9.88. The van der Waals surface area contributed by atoms with Crippen molar-refractivity contribution < 1.29 is 5.11 Å². The molecule has 0 aliphatic rings. The fraction of sp³-hybridized carbons (Fsp3) is 0.727. The van der Waals surface area contributed by atoms with Gasteiger partial charge in [-0.2, -0.15) is 5.10 Å². The zero-order valence-corrected chi connectivity index (χ0v) is 11.1. The first kappa shape index (κ1) is 13.5. The Kier molecular flexibility index (Phi) is 4.77. The summed E-state index contributed by atoms with van der Waals surface area (Å²) >= 11 is 6.12. The number of aliphatic hydroxyl groups is 1. The van der Waals surface area contributed by atoms with Gasteiger partial charge in [-0.3, -0.25) is 4.68 Å². The Morgan fingerprint density at radius 1 is 1.50 bits per heavy atom. The van der Waals surface area contributed by atoms with E-state index in [2.05, 4.69) is 10.00 Å². The second-order valence-electron chi connectivity index (χ2n) is 4.42. The quantitative estimate of drug-likeness (QED) is 0.849. The number of aryl methyl sites for hydroxylation is 2. The predicted molar refractivity (Wildman–Crippen MR) is 65.8 cm³/mol. The lowest BCUT2D eigenvalue weighted by Crippen LogP contribution is -2.21. The van der Waals surface area contributed by atoms with Gasteiger partial charge < -0.3 is 10.0 Å². The number of aromatic nitrogens is 2. The summed E-state index contributed by atoms with van der Waals surface area (Å²) < 4.78 is 1.75. The van der Waals surface area contributed by atoms with Crippen molar-refractivity contribution in [1.82, 2.24) is 14.7 Å². The Morgan fingerprint density at radius 2 is 2.12 bits per heavy atom. The van der Waals surface area contributed by atoms with Gasteiger partial charge in [0.1, 0.15) is 0 Å². The number of nitrogens with zero attached hydrogens (tertiary/aromatic N) is 3. The molecule has 92 valence electrons. The molecule has 0 fully saturated rings. The van der Waals surface area contributed by atoms with Crippen molar-refractivity contribution in [3.63, 3.8) is 0 Å². The van der Waals surface area contributed by atoms with E-state index in [1.54, 1.807) is 4.68 Å². The standard InChI is InChI=1S/C11H20ClN3O/c1-8-11(12)10(15(4)13-8)7-9(16)5-6-14(2)3/h9,16H,5-7H2,1-4H3. The molecule has 1 atom stereocenters. The highest BCUT2D eigenvalue weighted by Gasteiger charge is 2.15. The van der Waals surface area contributed by atoms with Crippen molar-refractivity contribution in [2.75, 3.05) is 20.6 Å². The molecule has 1 aromatic rings. The molecule has 0 aliphatic carbocycles. The zero-order valence-electron chi connectivity index (χ0n) is 10.4. The van der Waals surface area contributed by atoms with Gasteiger partial charge in [0.05, 0.1) is 22.5 Å². The number of hydrogen-bond donors (Lipinski definition) is 1. The Balaban J connectivity index is 2.59. The molecule has 0 radical (unpaired) electrons. The first-order chi connectivity index (χ1) is 7.41. The molecule has 0 spiro atoms. The van der Waals surface area contributed by atoms with Crippen LogP contribution in [-0.2, 0) is 13.5 Å². The smallest absolute Gasteiger partial charge is 0.0847 e. The average Bonchev–Trinajstić information content (AvgIpc) is 2.42. The summed E-state index contributed by atoms with van der Waals surface area (Å²) in [6.07, 6.45) is 0.937. The number of halogens is 1. The van der Waals surface area contributed by atoms with Crippen molar-refractivity contribution in [1.29, 1.82) is 0 Å². The molecular weight excluding hydrogens is 226 g/mol. The Morgan fingerprint density at radius 3 is 2.56 bits per heavy atom. The number of rotatable bonds is 5. The third-order valence-corrected chi connectivity index (χ3v) is 3.09. The van der Waals surface area contributed by atoms with E-state index in [1.165, 1.54) is 0 Å². The molecule has 4 nitrogen and oxygen atoms in total. The normalized spacial score (nSPS) is 13.4. The summed E-state index contributed by atoms with van der Waals surface area (Å²) in [5, 5.41) is 14.8. The lowest BCUT2D eigenvalue weighted by atomic mass is 10.1. The third-order valence-electron chi connectivity index (χ3n) is 2.60. The molecule has 0 aromatic carbocycles. The van der Waals surface area contributed by atoms with Gasteiger partial charge in [-0.25, -0.2) is 0 Å². The van der Waals surface area contributed by atoms with Gasteiger partial charge in [-0.05, 0) is 34.0 Å². The lowest BCUT2D eigenvalue weighted by Gasteiger charge is -2.14. The summed E-state index contributed by atoms with van der Waals surface area (Å²) in [5.41, 5.74) is 1.73. The molecule has 1 aromatic heterocycles. The van der Waals surface area contributed by atoms with E-state index in [9.17, 15) is 5.11 Å². The summed E-state index contributed by atoms with van der Waals surface area (Å²) in [7, 11) is 5.84. The van der Waals surface area contributed by atoms with Gasteiger partial charge in [-0.15, -0.1) is 0 Å². The van der Waals surface area contributed by atoms with Crippen LogP contribution in [0.5, 0.6) is 0 Å². The summed E-state index contributed by atoms with van der Waals surface area (Å²) in [4.78, 5) is 2.05. The van der Waals surface area contributed by atoms with Gasteiger partial charge in [0.2, 0.25) is 0 Å². The maximum absolute atomic E-state index is 9.88. The molecule has 0 bridgehead atoms. The van der Waals surface area contributed by atoms with Crippen LogP contribution in [0.1, 0.15) is 17.8 Å². The maximum Gasteiger partial charge on any atom is 0.0847 e. The van der Waals surface area contributed by atoms with Crippen LogP contribution in [0, 0.1) is 6.92 Å². The molecular formula is C11H20ClN3O. The largest absolute Gasteiger partial charge is 0.393 e. The highest BCUT2D eigenvalue weighted by atomic mass is 35.5. The van der Waals surface area contributed by atoms with Crippen LogP contribution in [0.15, 0.2) is 0 Å². The Hall–Kier alpha value is -0.580. The van der Waals surface area contributed by atoms with Gasteiger partial charge in [0.25, 0.3) is 0 Å². The van der Waals surface area contributed by atoms with E-state index in [0.717, 1.165) is 24.4 Å². The molecule has 1 N–H and O–H groups in total. The van der Waals surface area contributed by atoms with Crippen molar-refractivity contribution in [3.8, 4) is 0 Å². The third kappa shape index (κ3) is 3.47. The number of hydrogen-bond acceptors (Lipinski definition) is 3. The van der Waals surface area contributed by atoms with Crippen molar-refractivity contribution in [2.24, 2.45) is 7.05 Å². The monoisotopic (exact) mass is 245 g/mol. The molecule has 0 amide bonds. The molecule has 0 saturated heterocycles. The van der Waals surface area contributed by atoms with Crippen LogP contribution >= 0.6 is 11.6 Å². The molecule has 0 saturated carbocycles. The zero-order chi connectivity index (χ0) is 12.3. The molecule has 16 heavy (non-hydrogen) atoms. The first-order valence-electron chi connectivity index (χ1n) is 5.42. The fourth-order valence-corrected chi connectivity index (χ4v) is 1.87. The van der Waals surface area contributed by atoms with Crippen LogP contribution in [0.2, 0.25) is 5.02 Å². The second kappa shape index (κ2) is 5.66. The minimum absolute atomic E-state index is 0.366. The van der Waals surface area contributed by atoms with E-state index < -0.39 is 0 Å². The van der Waals surface area contributed by atoms with Gasteiger partial charge in [-0.1, -0.05) is 11.6 Å². The van der Waals surface area contributed by atoms with Gasteiger partial charge >= 0.3 is 0 Å². The molecule has 0 aliphatic heterocycles. The minimum Gasteiger partial charge on any atom is -0.393 e. The predicted octanol–water partition coefficient (Wildman–Crippen LogP) is 1.24. The average molecular weight is 246 g/mol. The second-order valence-corrected chi connectivity index (χ2v) is 4.80. The van der Waals surface area contributed by atoms with Crippen LogP contribution in [-0.4, -0.2) is 46.5 Å². The molecule has 1 unspecified atom stereocenters. The van der Waals surface area contributed by atoms with Crippen LogP contribution in [0.4, 0.5) is 0 Å². The lowest BCUT2D eigenvalue weighted by molar-refractivity contribution is 0.150. The van der Waals surface area contributed by atoms with Crippen LogP contribution in [0.3, 0.4) is 0 Å².